The number of benzene rings is 1. The van der Waals surface area contributed by atoms with E-state index in [1.54, 1.807) is 6.07 Å². The molecule has 1 aromatic carbocycles. The van der Waals surface area contributed by atoms with Crippen LogP contribution in [0.25, 0.3) is 0 Å². The van der Waals surface area contributed by atoms with Crippen LogP contribution in [0.1, 0.15) is 18.1 Å². The average Bonchev–Trinajstić information content (AvgIpc) is 2.62. The fraction of sp³-hybridized carbons (Fsp3) is 0.400. The van der Waals surface area contributed by atoms with Gasteiger partial charge in [-0.15, -0.1) is 0 Å². The molecule has 0 aromatic heterocycles. The van der Waals surface area contributed by atoms with Crippen LogP contribution in [0, 0.1) is 0 Å². The van der Waals surface area contributed by atoms with E-state index < -0.39 is 0 Å². The van der Waals surface area contributed by atoms with Crippen LogP contribution >= 0.6 is 11.6 Å². The van der Waals surface area contributed by atoms with E-state index in [1.165, 1.54) is 0 Å². The highest BCUT2D eigenvalue weighted by atomic mass is 35.5. The number of hydrogen-bond acceptors (Lipinski definition) is 3. The minimum absolute atomic E-state index is 0.271. The maximum Gasteiger partial charge on any atom is 0.231 e. The van der Waals surface area contributed by atoms with Gasteiger partial charge in [0.05, 0.1) is 0 Å². The topological polar surface area (TPSA) is 44.5 Å². The second kappa shape index (κ2) is 3.67. The number of nitrogens with two attached hydrogens (primary N) is 1. The third kappa shape index (κ3) is 1.33. The summed E-state index contributed by atoms with van der Waals surface area (Å²) in [7, 11) is 0. The molecule has 0 saturated heterocycles. The fourth-order valence-electron chi connectivity index (χ4n) is 1.71. The first-order chi connectivity index (χ1) is 6.77. The number of ether oxygens (including phenoxy) is 2. The van der Waals surface area contributed by atoms with Gasteiger partial charge in [0.25, 0.3) is 0 Å². The van der Waals surface area contributed by atoms with Crippen LogP contribution in [0.2, 0.25) is 5.02 Å². The van der Waals surface area contributed by atoms with E-state index >= 15 is 0 Å². The van der Waals surface area contributed by atoms with Crippen molar-refractivity contribution in [2.45, 2.75) is 19.9 Å². The fourth-order valence-corrected chi connectivity index (χ4v) is 2.00. The quantitative estimate of drug-likeness (QED) is 0.818. The normalized spacial score (nSPS) is 13.4. The van der Waals surface area contributed by atoms with Gasteiger partial charge in [0, 0.05) is 23.2 Å². The summed E-state index contributed by atoms with van der Waals surface area (Å²) >= 11 is 6.08. The van der Waals surface area contributed by atoms with Gasteiger partial charge < -0.3 is 15.2 Å². The number of halogens is 1. The summed E-state index contributed by atoms with van der Waals surface area (Å²) in [6.07, 6.45) is 0.846. The van der Waals surface area contributed by atoms with E-state index in [1.807, 2.05) is 6.92 Å². The van der Waals surface area contributed by atoms with Crippen LogP contribution in [0.3, 0.4) is 0 Å². The molecule has 0 unspecified atom stereocenters. The van der Waals surface area contributed by atoms with Crippen LogP contribution in [-0.4, -0.2) is 6.79 Å². The SMILES string of the molecule is CCc1c(CN)c(Cl)cc2c1OCO2. The Balaban J connectivity index is 2.62. The third-order valence-electron chi connectivity index (χ3n) is 2.38. The highest BCUT2D eigenvalue weighted by molar-refractivity contribution is 6.31. The van der Waals surface area contributed by atoms with Gasteiger partial charge in [-0.25, -0.2) is 0 Å². The van der Waals surface area contributed by atoms with Crippen molar-refractivity contribution in [2.75, 3.05) is 6.79 Å². The molecule has 0 fully saturated rings. The summed E-state index contributed by atoms with van der Waals surface area (Å²) in [6, 6.07) is 1.77. The summed E-state index contributed by atoms with van der Waals surface area (Å²) in [5, 5.41) is 0.661. The van der Waals surface area contributed by atoms with Gasteiger partial charge in [-0.3, -0.25) is 0 Å². The molecule has 0 atom stereocenters. The molecule has 4 heteroatoms. The number of hydrogen-bond donors (Lipinski definition) is 1. The predicted molar refractivity (Wildman–Crippen MR) is 54.8 cm³/mol. The second-order valence-electron chi connectivity index (χ2n) is 3.11. The summed E-state index contributed by atoms with van der Waals surface area (Å²) in [6.45, 7) is 2.75. The van der Waals surface area contributed by atoms with Crippen molar-refractivity contribution in [1.29, 1.82) is 0 Å². The van der Waals surface area contributed by atoms with Crippen molar-refractivity contribution < 1.29 is 9.47 Å². The molecule has 0 amide bonds. The lowest BCUT2D eigenvalue weighted by Gasteiger charge is -2.10. The summed E-state index contributed by atoms with van der Waals surface area (Å²) < 4.78 is 10.7. The first-order valence-corrected chi connectivity index (χ1v) is 4.95. The zero-order chi connectivity index (χ0) is 10.1. The molecule has 14 heavy (non-hydrogen) atoms. The third-order valence-corrected chi connectivity index (χ3v) is 2.72. The standard InChI is InChI=1S/C10H12ClNO2/c1-2-6-7(4-12)8(11)3-9-10(6)14-5-13-9/h3H,2,4-5,12H2,1H3. The first-order valence-electron chi connectivity index (χ1n) is 4.57. The first kappa shape index (κ1) is 9.62. The molecule has 1 aliphatic heterocycles. The van der Waals surface area contributed by atoms with Gasteiger partial charge in [0.2, 0.25) is 6.79 Å². The maximum absolute atomic E-state index is 6.08. The van der Waals surface area contributed by atoms with Gasteiger partial charge in [-0.1, -0.05) is 18.5 Å². The summed E-state index contributed by atoms with van der Waals surface area (Å²) in [5.41, 5.74) is 7.66. The zero-order valence-corrected chi connectivity index (χ0v) is 8.73. The molecule has 76 valence electrons. The minimum atomic E-state index is 0.271. The molecule has 0 aliphatic carbocycles. The Bertz CT molecular complexity index is 362. The highest BCUT2D eigenvalue weighted by Crippen LogP contribution is 2.41. The van der Waals surface area contributed by atoms with Gasteiger partial charge in [-0.2, -0.15) is 0 Å². The van der Waals surface area contributed by atoms with Crippen molar-refractivity contribution in [2.24, 2.45) is 5.73 Å². The molecule has 1 heterocycles. The molecular weight excluding hydrogens is 202 g/mol. The average molecular weight is 214 g/mol. The molecule has 0 spiro atoms. The van der Waals surface area contributed by atoms with Gasteiger partial charge in [0.15, 0.2) is 11.5 Å². The van der Waals surface area contributed by atoms with Crippen molar-refractivity contribution in [3.05, 3.63) is 22.2 Å². The highest BCUT2D eigenvalue weighted by Gasteiger charge is 2.21. The van der Waals surface area contributed by atoms with E-state index in [0.29, 0.717) is 11.6 Å². The molecule has 0 radical (unpaired) electrons. The van der Waals surface area contributed by atoms with Gasteiger partial charge in [-0.05, 0) is 12.0 Å². The largest absolute Gasteiger partial charge is 0.454 e. The number of rotatable bonds is 2. The Hall–Kier alpha value is -0.930. The molecule has 0 bridgehead atoms. The molecule has 1 aliphatic rings. The molecular formula is C10H12ClNO2. The molecule has 1 aromatic rings. The van der Waals surface area contributed by atoms with Crippen molar-refractivity contribution in [3.8, 4) is 11.5 Å². The Morgan fingerprint density at radius 3 is 2.86 bits per heavy atom. The van der Waals surface area contributed by atoms with Crippen LogP contribution in [0.15, 0.2) is 6.07 Å². The molecule has 2 N–H and O–H groups in total. The zero-order valence-electron chi connectivity index (χ0n) is 7.97. The van der Waals surface area contributed by atoms with Crippen molar-refractivity contribution in [1.82, 2.24) is 0 Å². The monoisotopic (exact) mass is 213 g/mol. The number of fused-ring (bicyclic) bond motifs is 1. The van der Waals surface area contributed by atoms with Crippen molar-refractivity contribution >= 4 is 11.6 Å². The Morgan fingerprint density at radius 1 is 1.43 bits per heavy atom. The lowest BCUT2D eigenvalue weighted by Crippen LogP contribution is -2.03. The van der Waals surface area contributed by atoms with E-state index in [0.717, 1.165) is 29.0 Å². The van der Waals surface area contributed by atoms with E-state index in [-0.39, 0.29) is 6.79 Å². The molecule has 2 rings (SSSR count). The van der Waals surface area contributed by atoms with Crippen LogP contribution in [0.4, 0.5) is 0 Å². The maximum atomic E-state index is 6.08. The lowest BCUT2D eigenvalue weighted by atomic mass is 10.0. The summed E-state index contributed by atoms with van der Waals surface area (Å²) in [4.78, 5) is 0. The molecule has 3 nitrogen and oxygen atoms in total. The second-order valence-corrected chi connectivity index (χ2v) is 3.51. The lowest BCUT2D eigenvalue weighted by molar-refractivity contribution is 0.173. The van der Waals surface area contributed by atoms with Gasteiger partial charge >= 0.3 is 0 Å². The smallest absolute Gasteiger partial charge is 0.231 e. The minimum Gasteiger partial charge on any atom is -0.454 e. The Kier molecular flexibility index (Phi) is 2.52. The van der Waals surface area contributed by atoms with Crippen LogP contribution in [-0.2, 0) is 13.0 Å². The van der Waals surface area contributed by atoms with Gasteiger partial charge in [0.1, 0.15) is 0 Å². The Morgan fingerprint density at radius 2 is 2.21 bits per heavy atom. The Labute approximate surface area is 87.8 Å². The van der Waals surface area contributed by atoms with Crippen LogP contribution < -0.4 is 15.2 Å². The van der Waals surface area contributed by atoms with Crippen LogP contribution in [0.5, 0.6) is 11.5 Å². The van der Waals surface area contributed by atoms with E-state index in [4.69, 9.17) is 26.8 Å². The van der Waals surface area contributed by atoms with Crippen molar-refractivity contribution in [3.63, 3.8) is 0 Å². The summed E-state index contributed by atoms with van der Waals surface area (Å²) in [5.74, 6) is 1.53. The van der Waals surface area contributed by atoms with E-state index in [2.05, 4.69) is 0 Å². The van der Waals surface area contributed by atoms with E-state index in [9.17, 15) is 0 Å². The predicted octanol–water partition coefficient (Wildman–Crippen LogP) is 2.09. The molecule has 0 saturated carbocycles.